The van der Waals surface area contributed by atoms with E-state index in [4.69, 9.17) is 14.2 Å². The summed E-state index contributed by atoms with van der Waals surface area (Å²) in [6.07, 6.45) is -0.436. The molecule has 49 heavy (non-hydrogen) atoms. The predicted octanol–water partition coefficient (Wildman–Crippen LogP) is 2.71. The van der Waals surface area contributed by atoms with Gasteiger partial charge in [0, 0.05) is 31.1 Å². The van der Waals surface area contributed by atoms with E-state index in [-0.39, 0.29) is 16.7 Å². The van der Waals surface area contributed by atoms with Crippen LogP contribution in [0.2, 0.25) is 0 Å². The largest absolute Gasteiger partial charge is 0.504 e. The topological polar surface area (TPSA) is 258 Å². The Hall–Kier alpha value is -6.48. The Morgan fingerprint density at radius 3 is 1.18 bits per heavy atom. The zero-order valence-electron chi connectivity index (χ0n) is 25.2. The van der Waals surface area contributed by atoms with Crippen LogP contribution >= 0.6 is 0 Å². The lowest BCUT2D eigenvalue weighted by molar-refractivity contribution is -0.211. The Morgan fingerprint density at radius 1 is 0.551 bits per heavy atom. The van der Waals surface area contributed by atoms with Gasteiger partial charge in [0.15, 0.2) is 46.2 Å². The molecule has 1 aliphatic rings. The third-order valence-corrected chi connectivity index (χ3v) is 7.23. The first kappa shape index (κ1) is 35.4. The lowest BCUT2D eigenvalue weighted by atomic mass is 9.79. The molecule has 3 aromatic rings. The first-order valence-corrected chi connectivity index (χ1v) is 14.3. The predicted molar refractivity (Wildman–Crippen MR) is 168 cm³/mol. The summed E-state index contributed by atoms with van der Waals surface area (Å²) in [5, 5.41) is 78.4. The molecule has 15 nitrogen and oxygen atoms in total. The van der Waals surface area contributed by atoms with Crippen LogP contribution in [0.3, 0.4) is 0 Å². The van der Waals surface area contributed by atoms with E-state index in [1.165, 1.54) is 42.5 Å². The average Bonchev–Trinajstić information content (AvgIpc) is 3.04. The second kappa shape index (κ2) is 15.0. The van der Waals surface area contributed by atoms with Gasteiger partial charge < -0.3 is 55.1 Å². The summed E-state index contributed by atoms with van der Waals surface area (Å²) >= 11 is 0. The zero-order chi connectivity index (χ0) is 35.9. The maximum Gasteiger partial charge on any atom is 0.335 e. The highest BCUT2D eigenvalue weighted by Gasteiger charge is 2.54. The summed E-state index contributed by atoms with van der Waals surface area (Å²) in [5.41, 5.74) is -1.85. The molecule has 1 fully saturated rings. The van der Waals surface area contributed by atoms with Crippen LogP contribution in [-0.4, -0.2) is 88.6 Å². The number of esters is 3. The monoisotopic (exact) mass is 678 g/mol. The second-order valence-electron chi connectivity index (χ2n) is 10.8. The van der Waals surface area contributed by atoms with Crippen LogP contribution in [0.4, 0.5) is 0 Å². The van der Waals surface area contributed by atoms with E-state index in [1.807, 2.05) is 0 Å². The number of carboxylic acids is 1. The van der Waals surface area contributed by atoms with Crippen LogP contribution in [0.15, 0.2) is 72.8 Å². The van der Waals surface area contributed by atoms with Crippen LogP contribution in [0, 0.1) is 0 Å². The minimum absolute atomic E-state index is 0.256. The first-order valence-electron chi connectivity index (χ1n) is 14.3. The van der Waals surface area contributed by atoms with Gasteiger partial charge in [-0.3, -0.25) is 0 Å². The first-order chi connectivity index (χ1) is 23.1. The Kier molecular flexibility index (Phi) is 10.8. The highest BCUT2D eigenvalue weighted by molar-refractivity contribution is 5.89. The molecule has 0 amide bonds. The number of carbonyl (C=O) groups is 4. The number of hydrogen-bond donors (Lipinski definition) is 8. The van der Waals surface area contributed by atoms with Crippen molar-refractivity contribution in [3.05, 3.63) is 89.5 Å². The molecule has 8 N–H and O–H groups in total. The Morgan fingerprint density at radius 2 is 0.878 bits per heavy atom. The molecule has 2 unspecified atom stereocenters. The maximum absolute atomic E-state index is 12.9. The van der Waals surface area contributed by atoms with Crippen molar-refractivity contribution in [2.24, 2.45) is 0 Å². The fraction of sp³-hybridized carbons (Fsp3) is 0.176. The van der Waals surface area contributed by atoms with E-state index in [2.05, 4.69) is 0 Å². The number of aliphatic carboxylic acids is 1. The number of rotatable bonds is 10. The lowest BCUT2D eigenvalue weighted by Gasteiger charge is -2.41. The summed E-state index contributed by atoms with van der Waals surface area (Å²) in [4.78, 5) is 50.8. The number of ether oxygens (including phenoxy) is 3. The minimum Gasteiger partial charge on any atom is -0.504 e. The third kappa shape index (κ3) is 9.30. The van der Waals surface area contributed by atoms with E-state index in [9.17, 15) is 60.0 Å². The molecule has 0 spiro atoms. The second-order valence-corrected chi connectivity index (χ2v) is 10.8. The number of carboxylic acid groups (broad SMARTS) is 1. The van der Waals surface area contributed by atoms with E-state index in [0.717, 1.165) is 48.6 Å². The van der Waals surface area contributed by atoms with Gasteiger partial charge in [0.1, 0.15) is 12.2 Å². The highest BCUT2D eigenvalue weighted by atomic mass is 16.6. The molecule has 3 aromatic carbocycles. The summed E-state index contributed by atoms with van der Waals surface area (Å²) in [6.45, 7) is 0. The molecule has 0 aliphatic heterocycles. The minimum atomic E-state index is -2.63. The molecule has 1 saturated carbocycles. The van der Waals surface area contributed by atoms with Crippen LogP contribution in [0.5, 0.6) is 34.5 Å². The van der Waals surface area contributed by atoms with Crippen molar-refractivity contribution in [1.82, 2.24) is 0 Å². The van der Waals surface area contributed by atoms with Crippen molar-refractivity contribution >= 4 is 42.1 Å². The molecule has 256 valence electrons. The smallest absolute Gasteiger partial charge is 0.335 e. The quantitative estimate of drug-likeness (QED) is 0.0664. The average molecular weight is 679 g/mol. The normalized spacial score (nSPS) is 20.7. The van der Waals surface area contributed by atoms with Crippen molar-refractivity contribution < 1.29 is 74.2 Å². The Bertz CT molecular complexity index is 1760. The molecular formula is C34H30O15. The van der Waals surface area contributed by atoms with Gasteiger partial charge in [-0.1, -0.05) is 18.2 Å². The molecule has 0 aromatic heterocycles. The fourth-order valence-electron chi connectivity index (χ4n) is 4.74. The summed E-state index contributed by atoms with van der Waals surface area (Å²) < 4.78 is 16.3. The van der Waals surface area contributed by atoms with Gasteiger partial charge in [0.2, 0.25) is 0 Å². The third-order valence-electron chi connectivity index (χ3n) is 7.23. The van der Waals surface area contributed by atoms with Crippen molar-refractivity contribution in [1.29, 1.82) is 0 Å². The van der Waals surface area contributed by atoms with E-state index in [1.54, 1.807) is 0 Å². The number of carbonyl (C=O) groups excluding carboxylic acids is 3. The summed E-state index contributed by atoms with van der Waals surface area (Å²) in [5.74, 6) is -7.71. The molecule has 4 rings (SSSR count). The van der Waals surface area contributed by atoms with E-state index < -0.39 is 95.1 Å². The van der Waals surface area contributed by atoms with Gasteiger partial charge in [-0.05, 0) is 71.3 Å². The van der Waals surface area contributed by atoms with Crippen LogP contribution in [-0.2, 0) is 33.4 Å². The van der Waals surface area contributed by atoms with Gasteiger partial charge in [0.25, 0.3) is 0 Å². The molecule has 1 aliphatic carbocycles. The standard InChI is InChI=1S/C34H30O15/c35-21-7-1-18(13-24(21)38)4-10-29(41)47-27-16-34(46,33(44)45)17-28(48-30(42)11-5-19-2-8-22(36)25(39)14-19)32(27)49-31(43)12-6-20-3-9-23(37)26(40)15-20/h1-15,27-28,32,35-40,46H,16-17H2,(H,44,45)/t27-,28+,32?,34?. The Labute approximate surface area is 277 Å². The van der Waals surface area contributed by atoms with Crippen molar-refractivity contribution in [3.8, 4) is 34.5 Å². The molecule has 15 heteroatoms. The van der Waals surface area contributed by atoms with Gasteiger partial charge >= 0.3 is 23.9 Å². The number of aliphatic hydroxyl groups is 1. The van der Waals surface area contributed by atoms with E-state index >= 15 is 0 Å². The van der Waals surface area contributed by atoms with Gasteiger partial charge in [-0.2, -0.15) is 0 Å². The van der Waals surface area contributed by atoms with Gasteiger partial charge in [-0.15, -0.1) is 0 Å². The Balaban J connectivity index is 1.62. The number of hydrogen-bond acceptors (Lipinski definition) is 14. The summed E-state index contributed by atoms with van der Waals surface area (Å²) in [6, 6.07) is 11.0. The number of phenolic OH excluding ortho intramolecular Hbond substituents is 6. The number of phenols is 6. The molecule has 0 bridgehead atoms. The molecule has 0 radical (unpaired) electrons. The van der Waals surface area contributed by atoms with Gasteiger partial charge in [-0.25, -0.2) is 19.2 Å². The van der Waals surface area contributed by atoms with Crippen molar-refractivity contribution in [3.63, 3.8) is 0 Å². The molecule has 0 heterocycles. The fourth-order valence-corrected chi connectivity index (χ4v) is 4.74. The molecular weight excluding hydrogens is 648 g/mol. The van der Waals surface area contributed by atoms with Crippen LogP contribution in [0.1, 0.15) is 29.5 Å². The van der Waals surface area contributed by atoms with E-state index in [0.29, 0.717) is 0 Å². The highest BCUT2D eigenvalue weighted by Crippen LogP contribution is 2.36. The zero-order valence-corrected chi connectivity index (χ0v) is 25.2. The van der Waals surface area contributed by atoms with Crippen molar-refractivity contribution in [2.75, 3.05) is 0 Å². The molecule has 4 atom stereocenters. The van der Waals surface area contributed by atoms with Crippen molar-refractivity contribution in [2.45, 2.75) is 36.8 Å². The lowest BCUT2D eigenvalue weighted by Crippen LogP contribution is -2.59. The number of aromatic hydroxyl groups is 6. The van der Waals surface area contributed by atoms with Crippen LogP contribution < -0.4 is 0 Å². The SMILES string of the molecule is O=C(C=Cc1ccc(O)c(O)c1)OC1[C@@H](OC(=O)C=Cc2ccc(O)c(O)c2)CC(O)(C(=O)O)C[C@H]1OC(=O)C=Cc1ccc(O)c(O)c1. The van der Waals surface area contributed by atoms with Gasteiger partial charge in [0.05, 0.1) is 0 Å². The maximum atomic E-state index is 12.9. The molecule has 0 saturated heterocycles. The summed E-state index contributed by atoms with van der Waals surface area (Å²) in [7, 11) is 0. The van der Waals surface area contributed by atoms with Crippen LogP contribution in [0.25, 0.3) is 18.2 Å². The number of benzene rings is 3.